The van der Waals surface area contributed by atoms with Crippen LogP contribution in [0.4, 0.5) is 0 Å². The summed E-state index contributed by atoms with van der Waals surface area (Å²) in [6.07, 6.45) is 0. The number of aromatic hydroxyl groups is 1. The fraction of sp³-hybridized carbons (Fsp3) is 0.500. The van der Waals surface area contributed by atoms with E-state index in [-0.39, 0.29) is 29.6 Å². The van der Waals surface area contributed by atoms with Crippen molar-refractivity contribution in [1.29, 1.82) is 0 Å². The molecule has 0 amide bonds. The average Bonchev–Trinajstić information content (AvgIpc) is 2.18. The topological polar surface area (TPSA) is 55.5 Å². The van der Waals surface area contributed by atoms with E-state index < -0.39 is 0 Å². The van der Waals surface area contributed by atoms with Crippen LogP contribution in [-0.4, -0.2) is 12.2 Å². The Morgan fingerprint density at radius 2 is 1.88 bits per heavy atom. The van der Waals surface area contributed by atoms with Crippen molar-refractivity contribution in [3.63, 3.8) is 0 Å². The third-order valence-electron chi connectivity index (χ3n) is 2.56. The summed E-state index contributed by atoms with van der Waals surface area (Å²) in [5.41, 5.74) is 6.70. The number of halogens is 2. The quantitative estimate of drug-likeness (QED) is 0.873. The van der Waals surface area contributed by atoms with Gasteiger partial charge in [-0.1, -0.05) is 36.7 Å². The highest BCUT2D eigenvalue weighted by molar-refractivity contribution is 9.10. The van der Waals surface area contributed by atoms with E-state index in [4.69, 9.17) is 10.5 Å². The largest absolute Gasteiger partial charge is 0.504 e. The van der Waals surface area contributed by atoms with E-state index in [1.54, 1.807) is 6.07 Å². The normalized spacial score (nSPS) is 12.8. The Morgan fingerprint density at radius 1 is 1.35 bits per heavy atom. The lowest BCUT2D eigenvalue weighted by molar-refractivity contribution is 0.310. The second kappa shape index (κ2) is 5.94. The van der Waals surface area contributed by atoms with Gasteiger partial charge in [0.15, 0.2) is 11.5 Å². The molecule has 0 fully saturated rings. The van der Waals surface area contributed by atoms with E-state index in [1.807, 2.05) is 26.8 Å². The van der Waals surface area contributed by atoms with E-state index in [2.05, 4.69) is 15.9 Å². The van der Waals surface area contributed by atoms with Crippen LogP contribution in [0.1, 0.15) is 32.4 Å². The summed E-state index contributed by atoms with van der Waals surface area (Å²) in [7, 11) is 1.52. The monoisotopic (exact) mass is 323 g/mol. The Bertz CT molecular complexity index is 391. The van der Waals surface area contributed by atoms with Crippen molar-refractivity contribution in [2.24, 2.45) is 11.1 Å². The van der Waals surface area contributed by atoms with Crippen molar-refractivity contribution in [3.8, 4) is 11.5 Å². The first-order valence-corrected chi connectivity index (χ1v) is 5.88. The number of phenols is 1. The summed E-state index contributed by atoms with van der Waals surface area (Å²) in [6.45, 7) is 6.10. The van der Waals surface area contributed by atoms with E-state index >= 15 is 0 Å². The summed E-state index contributed by atoms with van der Waals surface area (Å²) in [5.74, 6) is 0.553. The lowest BCUT2D eigenvalue weighted by atomic mass is 9.82. The highest BCUT2D eigenvalue weighted by Gasteiger charge is 2.26. The number of phenolic OH excluding ortho intramolecular Hbond substituents is 1. The van der Waals surface area contributed by atoms with E-state index in [9.17, 15) is 5.11 Å². The zero-order chi connectivity index (χ0) is 12.5. The van der Waals surface area contributed by atoms with Gasteiger partial charge in [-0.15, -0.1) is 12.4 Å². The van der Waals surface area contributed by atoms with Gasteiger partial charge in [0.2, 0.25) is 0 Å². The molecule has 0 aromatic heterocycles. The average molecular weight is 325 g/mol. The lowest BCUT2D eigenvalue weighted by Crippen LogP contribution is -2.26. The number of hydrogen-bond donors (Lipinski definition) is 2. The van der Waals surface area contributed by atoms with E-state index in [1.165, 1.54) is 7.11 Å². The maximum Gasteiger partial charge on any atom is 0.162 e. The molecule has 0 aliphatic rings. The Kier molecular flexibility index (Phi) is 5.78. The van der Waals surface area contributed by atoms with Crippen molar-refractivity contribution in [2.75, 3.05) is 7.11 Å². The number of nitrogens with two attached hydrogens (primary N) is 1. The van der Waals surface area contributed by atoms with Gasteiger partial charge in [-0.2, -0.15) is 0 Å². The van der Waals surface area contributed by atoms with Crippen LogP contribution in [0.5, 0.6) is 11.5 Å². The van der Waals surface area contributed by atoms with Crippen molar-refractivity contribution in [3.05, 3.63) is 22.2 Å². The van der Waals surface area contributed by atoms with Crippen molar-refractivity contribution < 1.29 is 9.84 Å². The molecular weight excluding hydrogens is 305 g/mol. The molecule has 5 heteroatoms. The molecule has 0 aliphatic carbocycles. The molecule has 1 atom stereocenters. The van der Waals surface area contributed by atoms with Crippen LogP contribution in [0, 0.1) is 5.41 Å². The molecule has 0 saturated heterocycles. The minimum absolute atomic E-state index is 0. The summed E-state index contributed by atoms with van der Waals surface area (Å²) in [5, 5.41) is 10.0. The van der Waals surface area contributed by atoms with Gasteiger partial charge in [0.05, 0.1) is 7.11 Å². The second-order valence-electron chi connectivity index (χ2n) is 4.89. The van der Waals surface area contributed by atoms with Gasteiger partial charge < -0.3 is 15.6 Å². The molecule has 0 heterocycles. The van der Waals surface area contributed by atoms with Crippen LogP contribution in [-0.2, 0) is 0 Å². The Morgan fingerprint density at radius 3 is 2.29 bits per heavy atom. The Hall–Kier alpha value is -0.450. The van der Waals surface area contributed by atoms with Crippen LogP contribution in [0.2, 0.25) is 0 Å². The first-order valence-electron chi connectivity index (χ1n) is 5.09. The van der Waals surface area contributed by atoms with Gasteiger partial charge in [0, 0.05) is 16.1 Å². The molecule has 3 N–H and O–H groups in total. The predicted molar refractivity (Wildman–Crippen MR) is 76.0 cm³/mol. The van der Waals surface area contributed by atoms with Gasteiger partial charge in [-0.05, 0) is 17.5 Å². The van der Waals surface area contributed by atoms with Gasteiger partial charge in [0.25, 0.3) is 0 Å². The molecule has 1 aromatic carbocycles. The maximum absolute atomic E-state index is 10.0. The van der Waals surface area contributed by atoms with Crippen LogP contribution in [0.15, 0.2) is 16.6 Å². The molecule has 17 heavy (non-hydrogen) atoms. The van der Waals surface area contributed by atoms with Crippen LogP contribution in [0.25, 0.3) is 0 Å². The third kappa shape index (κ3) is 3.76. The lowest BCUT2D eigenvalue weighted by Gasteiger charge is -2.28. The number of hydrogen-bond acceptors (Lipinski definition) is 3. The fourth-order valence-corrected chi connectivity index (χ4v) is 1.91. The van der Waals surface area contributed by atoms with Crippen molar-refractivity contribution in [1.82, 2.24) is 0 Å². The zero-order valence-electron chi connectivity index (χ0n) is 10.5. The molecule has 0 unspecified atom stereocenters. The highest BCUT2D eigenvalue weighted by Crippen LogP contribution is 2.41. The van der Waals surface area contributed by atoms with Crippen LogP contribution >= 0.6 is 28.3 Å². The minimum Gasteiger partial charge on any atom is -0.504 e. The standard InChI is InChI=1S/C12H18BrNO2.ClH/c1-12(2,3)11(14)8-5-7(13)6-9(16-4)10(8)15;/h5-6,11,15H,14H2,1-4H3;1H/t11-;/m1./s1. The summed E-state index contributed by atoms with van der Waals surface area (Å²) < 4.78 is 5.94. The van der Waals surface area contributed by atoms with Crippen molar-refractivity contribution >= 4 is 28.3 Å². The van der Waals surface area contributed by atoms with Crippen LogP contribution in [0.3, 0.4) is 0 Å². The van der Waals surface area contributed by atoms with Crippen LogP contribution < -0.4 is 10.5 Å². The van der Waals surface area contributed by atoms with Gasteiger partial charge in [0.1, 0.15) is 0 Å². The SMILES string of the molecule is COc1cc(Br)cc([C@@H](N)C(C)(C)C)c1O.Cl. The predicted octanol–water partition coefficient (Wildman–Crippen LogP) is 3.63. The highest BCUT2D eigenvalue weighted by atomic mass is 79.9. The molecule has 1 aromatic rings. The molecular formula is C12H19BrClNO2. The number of benzene rings is 1. The number of ether oxygens (including phenoxy) is 1. The Balaban J connectivity index is 0.00000256. The van der Waals surface area contributed by atoms with E-state index in [0.29, 0.717) is 11.3 Å². The molecule has 0 bridgehead atoms. The zero-order valence-corrected chi connectivity index (χ0v) is 12.9. The van der Waals surface area contributed by atoms with E-state index in [0.717, 1.165) is 4.47 Å². The Labute approximate surface area is 117 Å². The van der Waals surface area contributed by atoms with Gasteiger partial charge >= 0.3 is 0 Å². The smallest absolute Gasteiger partial charge is 0.162 e. The fourth-order valence-electron chi connectivity index (χ4n) is 1.45. The summed E-state index contributed by atoms with van der Waals surface area (Å²) >= 11 is 3.38. The van der Waals surface area contributed by atoms with Crippen molar-refractivity contribution in [2.45, 2.75) is 26.8 Å². The number of methoxy groups -OCH3 is 1. The minimum atomic E-state index is -0.251. The molecule has 0 saturated carbocycles. The molecule has 3 nitrogen and oxygen atoms in total. The maximum atomic E-state index is 10.0. The molecule has 0 radical (unpaired) electrons. The summed E-state index contributed by atoms with van der Waals surface area (Å²) in [4.78, 5) is 0. The summed E-state index contributed by atoms with van der Waals surface area (Å²) in [6, 6.07) is 3.29. The first-order chi connectivity index (χ1) is 7.27. The molecule has 0 aliphatic heterocycles. The first kappa shape index (κ1) is 16.6. The van der Waals surface area contributed by atoms with Gasteiger partial charge in [-0.3, -0.25) is 0 Å². The third-order valence-corrected chi connectivity index (χ3v) is 3.02. The second-order valence-corrected chi connectivity index (χ2v) is 5.81. The molecule has 0 spiro atoms. The molecule has 1 rings (SSSR count). The molecule has 98 valence electrons. The number of rotatable bonds is 2. The van der Waals surface area contributed by atoms with Gasteiger partial charge in [-0.25, -0.2) is 0 Å².